The summed E-state index contributed by atoms with van der Waals surface area (Å²) in [5, 5.41) is 0. The molecule has 0 radical (unpaired) electrons. The van der Waals surface area contributed by atoms with Crippen molar-refractivity contribution in [1.82, 2.24) is 5.43 Å². The first-order valence-electron chi connectivity index (χ1n) is 6.19. The highest BCUT2D eigenvalue weighted by Gasteiger charge is 2.16. The van der Waals surface area contributed by atoms with Gasteiger partial charge in [0.1, 0.15) is 0 Å². The van der Waals surface area contributed by atoms with E-state index in [0.717, 1.165) is 10.9 Å². The monoisotopic (exact) mass is 294 g/mol. The number of hydrogen-bond acceptors (Lipinski definition) is 2. The molecule has 0 amide bonds. The molecule has 1 unspecified atom stereocenters. The van der Waals surface area contributed by atoms with Gasteiger partial charge in [0.05, 0.1) is 0 Å². The average Bonchev–Trinajstić information content (AvgIpc) is 2.39. The van der Waals surface area contributed by atoms with E-state index in [-0.39, 0.29) is 6.04 Å². The molecule has 3 N–H and O–H groups in total. The van der Waals surface area contributed by atoms with E-state index in [4.69, 9.17) is 5.84 Å². The van der Waals surface area contributed by atoms with Gasteiger partial charge in [-0.25, -0.2) is 0 Å². The summed E-state index contributed by atoms with van der Waals surface area (Å²) in [4.78, 5) is 0. The van der Waals surface area contributed by atoms with E-state index >= 15 is 0 Å². The molecule has 3 heteroatoms. The fraction of sp³-hybridized carbons (Fsp3) is 0.429. The topological polar surface area (TPSA) is 38.0 Å². The van der Waals surface area contributed by atoms with Crippen molar-refractivity contribution in [2.45, 2.75) is 38.1 Å². The summed E-state index contributed by atoms with van der Waals surface area (Å²) < 4.78 is 1.16. The summed E-state index contributed by atoms with van der Waals surface area (Å²) in [6.07, 6.45) is 8.28. The van der Waals surface area contributed by atoms with Crippen LogP contribution in [0.25, 0.3) is 0 Å². The Morgan fingerprint density at radius 3 is 2.76 bits per heavy atom. The van der Waals surface area contributed by atoms with E-state index in [0.29, 0.717) is 0 Å². The Kier molecular flexibility index (Phi) is 4.77. The van der Waals surface area contributed by atoms with Crippen molar-refractivity contribution in [2.24, 2.45) is 5.84 Å². The van der Waals surface area contributed by atoms with E-state index < -0.39 is 0 Å². The fourth-order valence-corrected chi connectivity index (χ4v) is 2.81. The van der Waals surface area contributed by atoms with Crippen molar-refractivity contribution >= 4 is 15.9 Å². The summed E-state index contributed by atoms with van der Waals surface area (Å²) in [5.41, 5.74) is 5.73. The Hall–Kier alpha value is -0.640. The predicted molar refractivity (Wildman–Crippen MR) is 75.5 cm³/mol. The molecule has 0 spiro atoms. The number of nitrogens with two attached hydrogens (primary N) is 1. The normalized spacial score (nSPS) is 17.6. The quantitative estimate of drug-likeness (QED) is 0.508. The first-order chi connectivity index (χ1) is 8.31. The fourth-order valence-electron chi connectivity index (χ4n) is 2.36. The van der Waals surface area contributed by atoms with Crippen molar-refractivity contribution in [2.75, 3.05) is 0 Å². The van der Waals surface area contributed by atoms with E-state index in [2.05, 4.69) is 45.6 Å². The molecular weight excluding hydrogens is 276 g/mol. The Morgan fingerprint density at radius 2 is 2.12 bits per heavy atom. The van der Waals surface area contributed by atoms with Crippen molar-refractivity contribution in [1.29, 1.82) is 0 Å². The second kappa shape index (κ2) is 6.34. The van der Waals surface area contributed by atoms with Gasteiger partial charge in [-0.15, -0.1) is 0 Å². The van der Waals surface area contributed by atoms with Crippen LogP contribution in [0.5, 0.6) is 0 Å². The second-order valence-corrected chi connectivity index (χ2v) is 5.39. The molecule has 0 aromatic heterocycles. The van der Waals surface area contributed by atoms with Crippen molar-refractivity contribution in [3.63, 3.8) is 0 Å². The SMILES string of the molecule is NNC(Cc1ccccc1Br)C1=CCCCC1. The summed E-state index contributed by atoms with van der Waals surface area (Å²) in [6.45, 7) is 0. The van der Waals surface area contributed by atoms with Gasteiger partial charge in [-0.1, -0.05) is 45.8 Å². The lowest BCUT2D eigenvalue weighted by Gasteiger charge is -2.23. The highest BCUT2D eigenvalue weighted by Crippen LogP contribution is 2.24. The minimum atomic E-state index is 0.272. The molecule has 0 heterocycles. The molecule has 0 aliphatic heterocycles. The molecule has 0 bridgehead atoms. The molecule has 2 rings (SSSR count). The Morgan fingerprint density at radius 1 is 1.29 bits per heavy atom. The minimum Gasteiger partial charge on any atom is -0.271 e. The number of allylic oxidation sites excluding steroid dienone is 1. The molecule has 1 aliphatic rings. The van der Waals surface area contributed by atoms with Crippen molar-refractivity contribution in [3.05, 3.63) is 46.0 Å². The van der Waals surface area contributed by atoms with Gasteiger partial charge < -0.3 is 0 Å². The van der Waals surface area contributed by atoms with Crippen LogP contribution in [0, 0.1) is 0 Å². The van der Waals surface area contributed by atoms with Crippen LogP contribution >= 0.6 is 15.9 Å². The number of nitrogens with one attached hydrogen (secondary N) is 1. The van der Waals surface area contributed by atoms with Crippen LogP contribution in [0.1, 0.15) is 31.2 Å². The average molecular weight is 295 g/mol. The summed E-state index contributed by atoms with van der Waals surface area (Å²) >= 11 is 3.59. The zero-order valence-corrected chi connectivity index (χ0v) is 11.5. The largest absolute Gasteiger partial charge is 0.271 e. The molecule has 0 saturated heterocycles. The van der Waals surface area contributed by atoms with Gasteiger partial charge in [0.2, 0.25) is 0 Å². The maximum absolute atomic E-state index is 5.70. The number of hydrogen-bond donors (Lipinski definition) is 2. The summed E-state index contributed by atoms with van der Waals surface area (Å²) in [6, 6.07) is 8.62. The molecule has 17 heavy (non-hydrogen) atoms. The second-order valence-electron chi connectivity index (χ2n) is 4.54. The maximum atomic E-state index is 5.70. The number of hydrazine groups is 1. The molecule has 1 atom stereocenters. The van der Waals surface area contributed by atoms with Gasteiger partial charge in [0.25, 0.3) is 0 Å². The van der Waals surface area contributed by atoms with Crippen LogP contribution < -0.4 is 11.3 Å². The van der Waals surface area contributed by atoms with Gasteiger partial charge in [-0.3, -0.25) is 11.3 Å². The van der Waals surface area contributed by atoms with Crippen LogP contribution in [0.4, 0.5) is 0 Å². The third kappa shape index (κ3) is 3.41. The first kappa shape index (κ1) is 12.8. The Bertz CT molecular complexity index is 401. The standard InChI is InChI=1S/C14H19BrN2/c15-13-9-5-4-8-12(13)10-14(17-16)11-6-2-1-3-7-11/h4-6,8-9,14,17H,1-3,7,10,16H2. The first-order valence-corrected chi connectivity index (χ1v) is 6.99. The predicted octanol–water partition coefficient (Wildman–Crippen LogP) is 3.32. The molecule has 0 fully saturated rings. The molecule has 92 valence electrons. The lowest BCUT2D eigenvalue weighted by Crippen LogP contribution is -2.38. The molecule has 2 nitrogen and oxygen atoms in total. The molecule has 1 aliphatic carbocycles. The molecule has 1 aromatic rings. The lowest BCUT2D eigenvalue weighted by molar-refractivity contribution is 0.542. The van der Waals surface area contributed by atoms with Crippen LogP contribution in [-0.4, -0.2) is 6.04 Å². The van der Waals surface area contributed by atoms with Crippen LogP contribution in [-0.2, 0) is 6.42 Å². The van der Waals surface area contributed by atoms with E-state index in [1.807, 2.05) is 6.07 Å². The number of benzene rings is 1. The van der Waals surface area contributed by atoms with E-state index in [1.165, 1.54) is 36.8 Å². The minimum absolute atomic E-state index is 0.272. The van der Waals surface area contributed by atoms with Crippen molar-refractivity contribution < 1.29 is 0 Å². The van der Waals surface area contributed by atoms with Crippen LogP contribution in [0.2, 0.25) is 0 Å². The number of rotatable bonds is 4. The van der Waals surface area contributed by atoms with Crippen LogP contribution in [0.15, 0.2) is 40.4 Å². The highest BCUT2D eigenvalue weighted by molar-refractivity contribution is 9.10. The van der Waals surface area contributed by atoms with E-state index in [9.17, 15) is 0 Å². The third-order valence-electron chi connectivity index (χ3n) is 3.36. The molecule has 0 saturated carbocycles. The zero-order valence-electron chi connectivity index (χ0n) is 9.95. The molecule has 1 aromatic carbocycles. The van der Waals surface area contributed by atoms with Gasteiger partial charge in [-0.2, -0.15) is 0 Å². The van der Waals surface area contributed by atoms with Gasteiger partial charge in [0, 0.05) is 10.5 Å². The smallest absolute Gasteiger partial charge is 0.0460 e. The summed E-state index contributed by atoms with van der Waals surface area (Å²) in [5.74, 6) is 5.70. The highest BCUT2D eigenvalue weighted by atomic mass is 79.9. The van der Waals surface area contributed by atoms with Crippen LogP contribution in [0.3, 0.4) is 0 Å². The zero-order chi connectivity index (χ0) is 12.1. The maximum Gasteiger partial charge on any atom is 0.0460 e. The van der Waals surface area contributed by atoms with E-state index in [1.54, 1.807) is 0 Å². The Labute approximate surface area is 111 Å². The Balaban J connectivity index is 2.09. The summed E-state index contributed by atoms with van der Waals surface area (Å²) in [7, 11) is 0. The van der Waals surface area contributed by atoms with Crippen molar-refractivity contribution in [3.8, 4) is 0 Å². The van der Waals surface area contributed by atoms with Gasteiger partial charge in [-0.05, 0) is 43.7 Å². The molecular formula is C14H19BrN2. The van der Waals surface area contributed by atoms with Gasteiger partial charge >= 0.3 is 0 Å². The van der Waals surface area contributed by atoms with Gasteiger partial charge in [0.15, 0.2) is 0 Å². The number of halogens is 1. The third-order valence-corrected chi connectivity index (χ3v) is 4.13. The lowest BCUT2D eigenvalue weighted by atomic mass is 9.91.